The van der Waals surface area contributed by atoms with E-state index < -0.39 is 26.5 Å². The van der Waals surface area contributed by atoms with Gasteiger partial charge in [0.25, 0.3) is 10.0 Å². The van der Waals surface area contributed by atoms with Crippen molar-refractivity contribution >= 4 is 38.9 Å². The molecule has 0 aromatic heterocycles. The molecule has 1 heterocycles. The van der Waals surface area contributed by atoms with E-state index in [-0.39, 0.29) is 22.5 Å². The number of nitrogens with one attached hydrogen (secondary N) is 1. The molecule has 6 nitrogen and oxygen atoms in total. The van der Waals surface area contributed by atoms with Gasteiger partial charge in [-0.15, -0.1) is 0 Å². The van der Waals surface area contributed by atoms with Gasteiger partial charge in [-0.1, -0.05) is 35.9 Å². The maximum atomic E-state index is 13.2. The van der Waals surface area contributed by atoms with Crippen LogP contribution in [0.25, 0.3) is 0 Å². The Balaban J connectivity index is 1.86. The Labute approximate surface area is 167 Å². The molecular weight excluding hydrogens is 400 g/mol. The standard InChI is InChI=1S/C20H17ClN2O4S/c21-13-7-9-14(10-8-13)22-28(26,27)20-17(23-11-3-4-12-23)18(24)15-5-1-2-6-16(15)19(20)25/h1-2,5-10,22H,3-4,11-12H2. The second-order valence-electron chi connectivity index (χ2n) is 6.69. The summed E-state index contributed by atoms with van der Waals surface area (Å²) >= 11 is 5.85. The van der Waals surface area contributed by atoms with Crippen molar-refractivity contribution in [1.82, 2.24) is 4.90 Å². The average Bonchev–Trinajstić information content (AvgIpc) is 3.20. The summed E-state index contributed by atoms with van der Waals surface area (Å²) in [5.41, 5.74) is 0.561. The molecule has 1 aliphatic carbocycles. The maximum Gasteiger partial charge on any atom is 0.268 e. The van der Waals surface area contributed by atoms with Crippen molar-refractivity contribution in [2.75, 3.05) is 17.8 Å². The second kappa shape index (κ2) is 7.07. The molecule has 1 saturated heterocycles. The quantitative estimate of drug-likeness (QED) is 0.825. The number of ketones is 2. The fraction of sp³-hybridized carbons (Fsp3) is 0.200. The number of likely N-dealkylation sites (tertiary alicyclic amines) is 1. The largest absolute Gasteiger partial charge is 0.367 e. The van der Waals surface area contributed by atoms with E-state index in [0.29, 0.717) is 18.1 Å². The van der Waals surface area contributed by atoms with Crippen molar-refractivity contribution in [3.63, 3.8) is 0 Å². The van der Waals surface area contributed by atoms with Crippen LogP contribution in [-0.2, 0) is 10.0 Å². The Hall–Kier alpha value is -2.64. The Kier molecular flexibility index (Phi) is 4.72. The summed E-state index contributed by atoms with van der Waals surface area (Å²) in [6.07, 6.45) is 1.68. The monoisotopic (exact) mass is 416 g/mol. The van der Waals surface area contributed by atoms with Crippen LogP contribution in [0.1, 0.15) is 33.6 Å². The number of carbonyl (C=O) groups is 2. The Morgan fingerprint density at radius 2 is 1.43 bits per heavy atom. The van der Waals surface area contributed by atoms with Crippen LogP contribution < -0.4 is 4.72 Å². The fourth-order valence-corrected chi connectivity index (χ4v) is 5.05. The molecule has 0 radical (unpaired) electrons. The third kappa shape index (κ3) is 3.21. The Morgan fingerprint density at radius 1 is 0.857 bits per heavy atom. The summed E-state index contributed by atoms with van der Waals surface area (Å²) in [4.78, 5) is 27.5. The fourth-order valence-electron chi connectivity index (χ4n) is 3.54. The first-order valence-corrected chi connectivity index (χ1v) is 10.7. The number of hydrogen-bond acceptors (Lipinski definition) is 5. The van der Waals surface area contributed by atoms with Crippen molar-refractivity contribution in [3.05, 3.63) is 75.3 Å². The minimum Gasteiger partial charge on any atom is -0.367 e. The molecule has 2 aromatic rings. The molecule has 2 aromatic carbocycles. The Morgan fingerprint density at radius 3 is 2.04 bits per heavy atom. The van der Waals surface area contributed by atoms with Crippen LogP contribution in [0.5, 0.6) is 0 Å². The zero-order chi connectivity index (χ0) is 19.9. The highest BCUT2D eigenvalue weighted by Crippen LogP contribution is 2.33. The molecule has 1 N–H and O–H groups in total. The van der Waals surface area contributed by atoms with Gasteiger partial charge in [-0.2, -0.15) is 0 Å². The Bertz CT molecular complexity index is 1100. The summed E-state index contributed by atoms with van der Waals surface area (Å²) in [5, 5.41) is 0.456. The van der Waals surface area contributed by atoms with Gasteiger partial charge in [0.2, 0.25) is 11.6 Å². The number of carbonyl (C=O) groups excluding carboxylic acids is 2. The lowest BCUT2D eigenvalue weighted by atomic mass is 9.92. The van der Waals surface area contributed by atoms with Crippen molar-refractivity contribution < 1.29 is 18.0 Å². The topological polar surface area (TPSA) is 83.6 Å². The first-order chi connectivity index (χ1) is 13.4. The van der Waals surface area contributed by atoms with Gasteiger partial charge >= 0.3 is 0 Å². The molecule has 1 aliphatic heterocycles. The van der Waals surface area contributed by atoms with Crippen LogP contribution in [0, 0.1) is 0 Å². The SMILES string of the molecule is O=C1C(N2CCCC2)=C(S(=O)(=O)Nc2ccc(Cl)cc2)C(=O)c2ccccc21. The maximum absolute atomic E-state index is 13.2. The number of rotatable bonds is 4. The van der Waals surface area contributed by atoms with E-state index >= 15 is 0 Å². The zero-order valence-corrected chi connectivity index (χ0v) is 16.4. The second-order valence-corrected chi connectivity index (χ2v) is 8.74. The molecule has 144 valence electrons. The highest BCUT2D eigenvalue weighted by Gasteiger charge is 2.41. The van der Waals surface area contributed by atoms with Gasteiger partial charge in [0, 0.05) is 34.9 Å². The summed E-state index contributed by atoms with van der Waals surface area (Å²) in [6.45, 7) is 1.08. The number of fused-ring (bicyclic) bond motifs is 1. The summed E-state index contributed by atoms with van der Waals surface area (Å²) in [7, 11) is -4.29. The number of nitrogens with zero attached hydrogens (tertiary/aromatic N) is 1. The minimum absolute atomic E-state index is 0.0392. The lowest BCUT2D eigenvalue weighted by Crippen LogP contribution is -2.36. The summed E-state index contributed by atoms with van der Waals surface area (Å²) in [5.74, 6) is -1.10. The van der Waals surface area contributed by atoms with Crippen LogP contribution in [0.15, 0.2) is 59.1 Å². The van der Waals surface area contributed by atoms with Crippen LogP contribution in [0.3, 0.4) is 0 Å². The molecule has 0 spiro atoms. The predicted octanol–water partition coefficient (Wildman–Crippen LogP) is 3.47. The molecule has 8 heteroatoms. The molecule has 0 saturated carbocycles. The van der Waals surface area contributed by atoms with Crippen LogP contribution in [-0.4, -0.2) is 38.0 Å². The van der Waals surface area contributed by atoms with E-state index in [0.717, 1.165) is 12.8 Å². The minimum atomic E-state index is -4.29. The number of Topliss-reactive ketones (excluding diaryl/α,β-unsaturated/α-hetero) is 2. The van der Waals surface area contributed by atoms with E-state index in [1.165, 1.54) is 30.3 Å². The molecule has 28 heavy (non-hydrogen) atoms. The first-order valence-electron chi connectivity index (χ1n) is 8.84. The van der Waals surface area contributed by atoms with Crippen LogP contribution in [0.2, 0.25) is 5.02 Å². The molecule has 0 unspecified atom stereocenters. The number of anilines is 1. The average molecular weight is 417 g/mol. The van der Waals surface area contributed by atoms with E-state index in [1.807, 2.05) is 0 Å². The van der Waals surface area contributed by atoms with Gasteiger partial charge in [0.1, 0.15) is 5.70 Å². The van der Waals surface area contributed by atoms with Crippen LogP contribution >= 0.6 is 11.6 Å². The summed E-state index contributed by atoms with van der Waals surface area (Å²) in [6, 6.07) is 12.4. The van der Waals surface area contributed by atoms with Gasteiger partial charge in [-0.05, 0) is 37.1 Å². The van der Waals surface area contributed by atoms with E-state index in [2.05, 4.69) is 4.72 Å². The number of benzene rings is 2. The normalized spacial score (nSPS) is 17.1. The predicted molar refractivity (Wildman–Crippen MR) is 107 cm³/mol. The number of hydrogen-bond donors (Lipinski definition) is 1. The van der Waals surface area contributed by atoms with Crippen molar-refractivity contribution in [1.29, 1.82) is 0 Å². The van der Waals surface area contributed by atoms with Gasteiger partial charge < -0.3 is 4.90 Å². The smallest absolute Gasteiger partial charge is 0.268 e. The third-order valence-electron chi connectivity index (χ3n) is 4.84. The van der Waals surface area contributed by atoms with E-state index in [1.54, 1.807) is 23.1 Å². The highest BCUT2D eigenvalue weighted by molar-refractivity contribution is 7.97. The molecule has 1 fully saturated rings. The van der Waals surface area contributed by atoms with Crippen molar-refractivity contribution in [2.24, 2.45) is 0 Å². The number of sulfonamides is 1. The molecule has 0 atom stereocenters. The van der Waals surface area contributed by atoms with Gasteiger partial charge in [0.05, 0.1) is 0 Å². The first kappa shape index (κ1) is 18.7. The van der Waals surface area contributed by atoms with E-state index in [9.17, 15) is 18.0 Å². The summed E-state index contributed by atoms with van der Waals surface area (Å²) < 4.78 is 28.7. The molecule has 4 rings (SSSR count). The molecule has 2 aliphatic rings. The van der Waals surface area contributed by atoms with Gasteiger partial charge in [-0.25, -0.2) is 8.42 Å². The van der Waals surface area contributed by atoms with Crippen LogP contribution in [0.4, 0.5) is 5.69 Å². The van der Waals surface area contributed by atoms with Gasteiger partial charge in [0.15, 0.2) is 4.91 Å². The lowest BCUT2D eigenvalue weighted by molar-refractivity contribution is 0.0953. The third-order valence-corrected chi connectivity index (χ3v) is 6.51. The van der Waals surface area contributed by atoms with Crippen molar-refractivity contribution in [3.8, 4) is 0 Å². The van der Waals surface area contributed by atoms with Gasteiger partial charge in [-0.3, -0.25) is 14.3 Å². The number of allylic oxidation sites excluding steroid dienone is 2. The highest BCUT2D eigenvalue weighted by atomic mass is 35.5. The van der Waals surface area contributed by atoms with Crippen molar-refractivity contribution in [2.45, 2.75) is 12.8 Å². The molecular formula is C20H17ClN2O4S. The lowest BCUT2D eigenvalue weighted by Gasteiger charge is -2.27. The zero-order valence-electron chi connectivity index (χ0n) is 14.8. The van der Waals surface area contributed by atoms with E-state index in [4.69, 9.17) is 11.6 Å². The molecule has 0 bridgehead atoms. The molecule has 0 amide bonds. The number of halogens is 1.